The normalized spacial score (nSPS) is 12.4. The molecule has 0 spiro atoms. The highest BCUT2D eigenvalue weighted by molar-refractivity contribution is 7.99. The van der Waals surface area contributed by atoms with Crippen molar-refractivity contribution in [1.29, 1.82) is 0 Å². The van der Waals surface area contributed by atoms with Gasteiger partial charge in [-0.25, -0.2) is 14.5 Å². The number of nitrogens with zero attached hydrogens (tertiary/aromatic N) is 5. The molecule has 0 amide bonds. The Morgan fingerprint density at radius 1 is 1.17 bits per heavy atom. The third-order valence-electron chi connectivity index (χ3n) is 4.74. The first-order valence-corrected chi connectivity index (χ1v) is 10.9. The molecular formula is C22H23N5O2S. The van der Waals surface area contributed by atoms with Gasteiger partial charge >= 0.3 is 0 Å². The summed E-state index contributed by atoms with van der Waals surface area (Å²) in [6, 6.07) is 11.1. The number of unbranched alkanes of at least 4 members (excludes halogenated alkanes) is 1. The van der Waals surface area contributed by atoms with E-state index in [9.17, 15) is 4.79 Å². The number of fused-ring (bicyclic) bond motifs is 1. The van der Waals surface area contributed by atoms with Gasteiger partial charge < -0.3 is 4.52 Å². The average Bonchev–Trinajstić information content (AvgIpc) is 3.23. The molecule has 0 aliphatic heterocycles. The van der Waals surface area contributed by atoms with Crippen molar-refractivity contribution in [3.8, 4) is 5.82 Å². The summed E-state index contributed by atoms with van der Waals surface area (Å²) >= 11 is 1.40. The topological polar surface area (TPSA) is 86.7 Å². The first kappa shape index (κ1) is 20.3. The van der Waals surface area contributed by atoms with Gasteiger partial charge in [-0.1, -0.05) is 48.5 Å². The van der Waals surface area contributed by atoms with Crippen LogP contribution in [0.25, 0.3) is 16.7 Å². The molecule has 0 radical (unpaired) electrons. The number of hydrogen-bond donors (Lipinski definition) is 0. The van der Waals surface area contributed by atoms with Gasteiger partial charge in [0.05, 0.1) is 16.2 Å². The highest BCUT2D eigenvalue weighted by Gasteiger charge is 2.21. The van der Waals surface area contributed by atoms with Crippen LogP contribution in [0.5, 0.6) is 0 Å². The Bertz CT molecular complexity index is 1220. The van der Waals surface area contributed by atoms with E-state index in [-0.39, 0.29) is 10.8 Å². The molecule has 7 nitrogen and oxygen atoms in total. The summed E-state index contributed by atoms with van der Waals surface area (Å²) < 4.78 is 7.01. The summed E-state index contributed by atoms with van der Waals surface area (Å²) in [7, 11) is 0. The summed E-state index contributed by atoms with van der Waals surface area (Å²) in [5.41, 5.74) is 1.52. The van der Waals surface area contributed by atoms with Gasteiger partial charge in [-0.3, -0.25) is 4.79 Å². The summed E-state index contributed by atoms with van der Waals surface area (Å²) in [6.07, 6.45) is 4.63. The van der Waals surface area contributed by atoms with E-state index in [0.717, 1.165) is 24.8 Å². The molecule has 4 rings (SSSR count). The zero-order valence-corrected chi connectivity index (χ0v) is 18.0. The van der Waals surface area contributed by atoms with Crippen molar-refractivity contribution in [2.45, 2.75) is 50.4 Å². The van der Waals surface area contributed by atoms with Crippen molar-refractivity contribution in [2.24, 2.45) is 0 Å². The minimum Gasteiger partial charge on any atom is -0.338 e. The summed E-state index contributed by atoms with van der Waals surface area (Å²) in [6.45, 7) is 6.06. The lowest BCUT2D eigenvalue weighted by molar-refractivity contribution is 0.374. The van der Waals surface area contributed by atoms with Crippen LogP contribution in [0.2, 0.25) is 0 Å². The van der Waals surface area contributed by atoms with Crippen LogP contribution >= 0.6 is 11.8 Å². The molecule has 3 heterocycles. The Morgan fingerprint density at radius 2 is 2.00 bits per heavy atom. The maximum Gasteiger partial charge on any atom is 0.267 e. The van der Waals surface area contributed by atoms with Gasteiger partial charge in [0, 0.05) is 12.6 Å². The molecule has 0 aliphatic carbocycles. The molecular weight excluding hydrogens is 398 g/mol. The highest BCUT2D eigenvalue weighted by atomic mass is 32.2. The Kier molecular flexibility index (Phi) is 5.94. The van der Waals surface area contributed by atoms with Gasteiger partial charge in [-0.05, 0) is 44.0 Å². The van der Waals surface area contributed by atoms with Crippen LogP contribution < -0.4 is 5.56 Å². The summed E-state index contributed by atoms with van der Waals surface area (Å²) in [5, 5.41) is 4.99. The van der Waals surface area contributed by atoms with Gasteiger partial charge in [0.2, 0.25) is 5.89 Å². The van der Waals surface area contributed by atoms with Crippen LogP contribution in [0.3, 0.4) is 0 Å². The van der Waals surface area contributed by atoms with E-state index in [4.69, 9.17) is 9.51 Å². The van der Waals surface area contributed by atoms with Crippen LogP contribution in [0.15, 0.2) is 57.1 Å². The second-order valence-electron chi connectivity index (χ2n) is 7.16. The van der Waals surface area contributed by atoms with Gasteiger partial charge in [0.1, 0.15) is 5.82 Å². The van der Waals surface area contributed by atoms with Crippen LogP contribution in [0, 0.1) is 6.92 Å². The molecule has 3 aromatic heterocycles. The predicted octanol–water partition coefficient (Wildman–Crippen LogP) is 4.67. The van der Waals surface area contributed by atoms with E-state index < -0.39 is 0 Å². The fourth-order valence-corrected chi connectivity index (χ4v) is 4.01. The zero-order chi connectivity index (χ0) is 21.1. The number of pyridine rings is 1. The zero-order valence-electron chi connectivity index (χ0n) is 17.2. The smallest absolute Gasteiger partial charge is 0.267 e. The largest absolute Gasteiger partial charge is 0.338 e. The minimum absolute atomic E-state index is 0.152. The summed E-state index contributed by atoms with van der Waals surface area (Å²) in [4.78, 5) is 27.0. The van der Waals surface area contributed by atoms with E-state index in [1.165, 1.54) is 11.8 Å². The number of rotatable bonds is 7. The lowest BCUT2D eigenvalue weighted by atomic mass is 10.2. The van der Waals surface area contributed by atoms with Crippen molar-refractivity contribution >= 4 is 22.7 Å². The molecule has 4 aromatic rings. The highest BCUT2D eigenvalue weighted by Crippen LogP contribution is 2.33. The van der Waals surface area contributed by atoms with Gasteiger partial charge in [-0.15, -0.1) is 0 Å². The molecule has 1 atom stereocenters. The van der Waals surface area contributed by atoms with Crippen molar-refractivity contribution in [1.82, 2.24) is 24.7 Å². The molecule has 0 bridgehead atoms. The average molecular weight is 422 g/mol. The number of para-hydroxylation sites is 1. The number of hydrogen-bond acceptors (Lipinski definition) is 7. The maximum absolute atomic E-state index is 13.3. The minimum atomic E-state index is -0.169. The Balaban J connectivity index is 1.75. The standard InChI is InChI=1S/C22H23N5O2S/c1-4-5-10-18-25-20(29-26-18)15(3)30-22-24-17-9-7-6-8-16(17)21(28)27(22)19-12-11-14(2)13-23-19/h6-9,11-13,15H,4-5,10H2,1-3H3. The second kappa shape index (κ2) is 8.79. The predicted molar refractivity (Wildman–Crippen MR) is 117 cm³/mol. The van der Waals surface area contributed by atoms with Crippen molar-refractivity contribution in [3.05, 3.63) is 70.2 Å². The quantitative estimate of drug-likeness (QED) is 0.317. The molecule has 8 heteroatoms. The SMILES string of the molecule is CCCCc1noc(C(C)Sc2nc3ccccc3c(=O)n2-c2ccc(C)cn2)n1. The third kappa shape index (κ3) is 4.14. The molecule has 0 N–H and O–H groups in total. The van der Waals surface area contributed by atoms with Crippen molar-refractivity contribution in [2.75, 3.05) is 0 Å². The Morgan fingerprint density at radius 3 is 2.77 bits per heavy atom. The van der Waals surface area contributed by atoms with E-state index in [0.29, 0.717) is 33.6 Å². The molecule has 30 heavy (non-hydrogen) atoms. The van der Waals surface area contributed by atoms with E-state index in [1.807, 2.05) is 44.2 Å². The summed E-state index contributed by atoms with van der Waals surface area (Å²) in [5.74, 6) is 1.77. The lowest BCUT2D eigenvalue weighted by Crippen LogP contribution is -2.22. The molecule has 0 saturated heterocycles. The third-order valence-corrected chi connectivity index (χ3v) is 5.78. The number of aromatic nitrogens is 5. The number of aryl methyl sites for hydroxylation is 2. The number of benzene rings is 1. The maximum atomic E-state index is 13.3. The molecule has 0 fully saturated rings. The second-order valence-corrected chi connectivity index (χ2v) is 8.47. The van der Waals surface area contributed by atoms with Crippen LogP contribution in [-0.4, -0.2) is 24.7 Å². The first-order chi connectivity index (χ1) is 14.6. The van der Waals surface area contributed by atoms with E-state index in [2.05, 4.69) is 22.0 Å². The Labute approximate surface area is 178 Å². The van der Waals surface area contributed by atoms with Crippen molar-refractivity contribution in [3.63, 3.8) is 0 Å². The lowest BCUT2D eigenvalue weighted by Gasteiger charge is -2.14. The molecule has 154 valence electrons. The fraction of sp³-hybridized carbons (Fsp3) is 0.318. The van der Waals surface area contributed by atoms with E-state index in [1.54, 1.807) is 16.8 Å². The first-order valence-electron chi connectivity index (χ1n) is 10.0. The molecule has 0 aliphatic rings. The van der Waals surface area contributed by atoms with Gasteiger partial charge in [0.15, 0.2) is 11.0 Å². The Hall–Kier alpha value is -3.00. The van der Waals surface area contributed by atoms with Gasteiger partial charge in [-0.2, -0.15) is 4.98 Å². The number of thioether (sulfide) groups is 1. The molecule has 1 aromatic carbocycles. The molecule has 1 unspecified atom stereocenters. The van der Waals surface area contributed by atoms with Gasteiger partial charge in [0.25, 0.3) is 5.56 Å². The monoisotopic (exact) mass is 421 g/mol. The van der Waals surface area contributed by atoms with Crippen LogP contribution in [0.1, 0.15) is 49.2 Å². The van der Waals surface area contributed by atoms with Crippen molar-refractivity contribution < 1.29 is 4.52 Å². The van der Waals surface area contributed by atoms with Crippen LogP contribution in [0.4, 0.5) is 0 Å². The van der Waals surface area contributed by atoms with Crippen LogP contribution in [-0.2, 0) is 6.42 Å². The fourth-order valence-electron chi connectivity index (χ4n) is 3.06. The van der Waals surface area contributed by atoms with E-state index >= 15 is 0 Å². The molecule has 0 saturated carbocycles.